The molecule has 0 N–H and O–H groups in total. The number of amidine groups is 1. The zero-order valence-electron chi connectivity index (χ0n) is 21.5. The molecule has 2 aliphatic rings. The van der Waals surface area contributed by atoms with E-state index in [0.717, 1.165) is 46.5 Å². The molecule has 0 saturated carbocycles. The van der Waals surface area contributed by atoms with E-state index in [-0.39, 0.29) is 18.1 Å². The molecule has 3 aromatic rings. The van der Waals surface area contributed by atoms with E-state index in [1.165, 1.54) is 29.5 Å². The van der Waals surface area contributed by atoms with Crippen molar-refractivity contribution in [1.29, 1.82) is 0 Å². The van der Waals surface area contributed by atoms with E-state index >= 15 is 0 Å². The summed E-state index contributed by atoms with van der Waals surface area (Å²) >= 11 is 3.32. The minimum Gasteiger partial charge on any atom is -0.372 e. The maximum Gasteiger partial charge on any atom is 0.286 e. The van der Waals surface area contributed by atoms with Crippen LogP contribution in [-0.2, 0) is 9.53 Å². The number of benzene rings is 2. The van der Waals surface area contributed by atoms with E-state index in [4.69, 9.17) is 9.84 Å². The number of carbonyl (C=O) groups is 1. The zero-order valence-corrected chi connectivity index (χ0v) is 23.1. The van der Waals surface area contributed by atoms with Crippen molar-refractivity contribution in [3.05, 3.63) is 71.3 Å². The molecular weight excluding hydrogens is 500 g/mol. The summed E-state index contributed by atoms with van der Waals surface area (Å²) < 4.78 is 7.73. The van der Waals surface area contributed by atoms with Crippen molar-refractivity contribution in [2.45, 2.75) is 50.7 Å². The first kappa shape index (κ1) is 25.8. The number of nitrogens with zero attached hydrogens (tertiary/aromatic N) is 4. The Bertz CT molecular complexity index is 1290. The lowest BCUT2D eigenvalue weighted by molar-refractivity contribution is -0.113. The predicted molar refractivity (Wildman–Crippen MR) is 154 cm³/mol. The molecule has 0 radical (unpaired) electrons. The van der Waals surface area contributed by atoms with E-state index in [9.17, 15) is 4.79 Å². The highest BCUT2D eigenvalue weighted by molar-refractivity contribution is 8.18. The maximum absolute atomic E-state index is 12.9. The fourth-order valence-electron chi connectivity index (χ4n) is 4.48. The number of hydrogen-bond donors (Lipinski definition) is 0. The quantitative estimate of drug-likeness (QED) is 0.196. The predicted octanol–water partition coefficient (Wildman–Crippen LogP) is 6.51. The molecule has 37 heavy (non-hydrogen) atoms. The van der Waals surface area contributed by atoms with Crippen LogP contribution in [0.15, 0.2) is 75.6 Å². The van der Waals surface area contributed by atoms with Gasteiger partial charge in [-0.05, 0) is 68.1 Å². The van der Waals surface area contributed by atoms with Crippen molar-refractivity contribution in [2.24, 2.45) is 4.99 Å². The minimum atomic E-state index is -0.201. The van der Waals surface area contributed by atoms with E-state index in [2.05, 4.69) is 54.9 Å². The van der Waals surface area contributed by atoms with Crippen LogP contribution in [0.25, 0.3) is 23.0 Å². The Labute approximate surface area is 227 Å². The Kier molecular flexibility index (Phi) is 8.17. The monoisotopic (exact) mass is 532 g/mol. The maximum atomic E-state index is 12.9. The molecule has 2 aromatic carbocycles. The minimum absolute atomic E-state index is 0.106. The lowest BCUT2D eigenvalue weighted by atomic mass is 10.1. The van der Waals surface area contributed by atoms with Crippen molar-refractivity contribution in [3.8, 4) is 16.9 Å². The van der Waals surface area contributed by atoms with Gasteiger partial charge in [-0.1, -0.05) is 43.7 Å². The number of carbonyl (C=O) groups excluding carboxylic acids is 1. The second kappa shape index (κ2) is 11.7. The van der Waals surface area contributed by atoms with Crippen molar-refractivity contribution in [3.63, 3.8) is 0 Å². The third-order valence-electron chi connectivity index (χ3n) is 6.24. The number of thioether (sulfide) groups is 2. The first-order valence-corrected chi connectivity index (χ1v) is 14.6. The summed E-state index contributed by atoms with van der Waals surface area (Å²) in [5, 5.41) is 5.69. The summed E-state index contributed by atoms with van der Waals surface area (Å²) in [5.41, 5.74) is 3.73. The number of para-hydroxylation sites is 1. The van der Waals surface area contributed by atoms with Crippen molar-refractivity contribution < 1.29 is 9.53 Å². The van der Waals surface area contributed by atoms with Crippen LogP contribution in [0.5, 0.6) is 0 Å². The van der Waals surface area contributed by atoms with Gasteiger partial charge in [-0.15, -0.1) is 11.8 Å². The van der Waals surface area contributed by atoms with Crippen LogP contribution in [0.3, 0.4) is 0 Å². The van der Waals surface area contributed by atoms with Crippen LogP contribution in [0.2, 0.25) is 0 Å². The van der Waals surface area contributed by atoms with E-state index in [1.54, 1.807) is 0 Å². The van der Waals surface area contributed by atoms with E-state index < -0.39 is 0 Å². The second-order valence-corrected chi connectivity index (χ2v) is 11.6. The standard InChI is InChI=1S/C29H32N4O2S2/c1-4-5-15-36-25-13-11-22(12-14-25)27-23(19-33(31-27)24-9-7-6-8-10-24)16-26-28(34)30-29(37-26)32-17-20(2)35-21(3)18-32/h6-14,16,19-21H,4-5,15,17-18H2,1-3H3. The number of hydrogen-bond acceptors (Lipinski definition) is 6. The summed E-state index contributed by atoms with van der Waals surface area (Å²) in [6.07, 6.45) is 6.55. The zero-order chi connectivity index (χ0) is 25.8. The van der Waals surface area contributed by atoms with Crippen LogP contribution in [0.1, 0.15) is 39.2 Å². The molecule has 6 nitrogen and oxygen atoms in total. The number of unbranched alkanes of at least 4 members (excludes halogenated alkanes) is 1. The molecule has 1 aromatic heterocycles. The fourth-order valence-corrected chi connectivity index (χ4v) is 6.40. The molecule has 1 saturated heterocycles. The lowest BCUT2D eigenvalue weighted by Crippen LogP contribution is -2.47. The molecule has 2 aliphatic heterocycles. The Morgan fingerprint density at radius 2 is 1.81 bits per heavy atom. The van der Waals surface area contributed by atoms with Gasteiger partial charge in [0.05, 0.1) is 28.5 Å². The Morgan fingerprint density at radius 1 is 1.08 bits per heavy atom. The summed E-state index contributed by atoms with van der Waals surface area (Å²) in [5.74, 6) is 0.922. The molecule has 5 rings (SSSR count). The first-order valence-electron chi connectivity index (χ1n) is 12.8. The molecule has 0 spiro atoms. The third kappa shape index (κ3) is 6.20. The van der Waals surface area contributed by atoms with Gasteiger partial charge in [0.1, 0.15) is 0 Å². The smallest absolute Gasteiger partial charge is 0.286 e. The van der Waals surface area contributed by atoms with Gasteiger partial charge in [-0.3, -0.25) is 4.79 Å². The Morgan fingerprint density at radius 3 is 2.51 bits per heavy atom. The largest absolute Gasteiger partial charge is 0.372 e. The fraction of sp³-hybridized carbons (Fsp3) is 0.345. The third-order valence-corrected chi connectivity index (χ3v) is 8.39. The van der Waals surface area contributed by atoms with Crippen molar-refractivity contribution in [1.82, 2.24) is 14.7 Å². The lowest BCUT2D eigenvalue weighted by Gasteiger charge is -2.35. The number of aliphatic imine (C=N–C) groups is 1. The van der Waals surface area contributed by atoms with Crippen LogP contribution in [-0.4, -0.2) is 56.8 Å². The normalized spacial score (nSPS) is 21.1. The number of morpholine rings is 1. The van der Waals surface area contributed by atoms with Gasteiger partial charge >= 0.3 is 0 Å². The van der Waals surface area contributed by atoms with Crippen molar-refractivity contribution >= 4 is 40.7 Å². The van der Waals surface area contributed by atoms with Gasteiger partial charge in [0.25, 0.3) is 5.91 Å². The Hall–Kier alpha value is -2.81. The summed E-state index contributed by atoms with van der Waals surface area (Å²) in [6, 6.07) is 18.6. The second-order valence-electron chi connectivity index (χ2n) is 9.41. The van der Waals surface area contributed by atoms with Crippen LogP contribution < -0.4 is 0 Å². The molecule has 192 valence electrons. The highest BCUT2D eigenvalue weighted by Crippen LogP contribution is 2.34. The van der Waals surface area contributed by atoms with Crippen molar-refractivity contribution in [2.75, 3.05) is 18.8 Å². The first-order chi connectivity index (χ1) is 18.0. The summed E-state index contributed by atoms with van der Waals surface area (Å²) in [4.78, 5) is 21.3. The van der Waals surface area contributed by atoms with Gasteiger partial charge in [0.2, 0.25) is 0 Å². The average Bonchev–Trinajstić information content (AvgIpc) is 3.48. The van der Waals surface area contributed by atoms with Gasteiger partial charge in [-0.2, -0.15) is 10.1 Å². The molecular formula is C29H32N4O2S2. The highest BCUT2D eigenvalue weighted by atomic mass is 32.2. The SMILES string of the molecule is CCCCSc1ccc(-c2nn(-c3ccccc3)cc2C=C2SC(N3CC(C)OC(C)C3)=NC2=O)cc1. The number of ether oxygens (including phenoxy) is 1. The topological polar surface area (TPSA) is 59.7 Å². The van der Waals surface area contributed by atoms with Gasteiger partial charge in [0, 0.05) is 35.3 Å². The number of aromatic nitrogens is 2. The molecule has 1 amide bonds. The summed E-state index contributed by atoms with van der Waals surface area (Å²) in [7, 11) is 0. The average molecular weight is 533 g/mol. The van der Waals surface area contributed by atoms with Crippen LogP contribution in [0, 0.1) is 0 Å². The van der Waals surface area contributed by atoms with Gasteiger partial charge in [0.15, 0.2) is 5.17 Å². The molecule has 0 bridgehead atoms. The van der Waals surface area contributed by atoms with Crippen LogP contribution in [0.4, 0.5) is 0 Å². The van der Waals surface area contributed by atoms with Gasteiger partial charge < -0.3 is 9.64 Å². The number of amides is 1. The molecule has 8 heteroatoms. The van der Waals surface area contributed by atoms with E-state index in [0.29, 0.717) is 4.91 Å². The molecule has 1 fully saturated rings. The van der Waals surface area contributed by atoms with Crippen LogP contribution >= 0.6 is 23.5 Å². The number of rotatable bonds is 7. The van der Waals surface area contributed by atoms with Gasteiger partial charge in [-0.25, -0.2) is 4.68 Å². The van der Waals surface area contributed by atoms with E-state index in [1.807, 2.05) is 59.0 Å². The Balaban J connectivity index is 1.44. The summed E-state index contributed by atoms with van der Waals surface area (Å²) in [6.45, 7) is 7.79. The molecule has 2 atom stereocenters. The highest BCUT2D eigenvalue weighted by Gasteiger charge is 2.31. The molecule has 2 unspecified atom stereocenters. The molecule has 0 aliphatic carbocycles. The molecule has 3 heterocycles.